The Balaban J connectivity index is 1.22. The van der Waals surface area contributed by atoms with E-state index in [0.29, 0.717) is 38.0 Å². The Morgan fingerprint density at radius 2 is 1.69 bits per heavy atom. The highest BCUT2D eigenvalue weighted by molar-refractivity contribution is 6.22. The van der Waals surface area contributed by atoms with Gasteiger partial charge in [0.05, 0.1) is 22.7 Å². The highest BCUT2D eigenvalue weighted by Gasteiger charge is 2.38. The fourth-order valence-corrected chi connectivity index (χ4v) is 4.43. The fourth-order valence-electron chi connectivity index (χ4n) is 4.43. The number of nitrogens with one attached hydrogen (secondary N) is 1. The fraction of sp³-hybridized carbons (Fsp3) is 0.346. The first-order valence-corrected chi connectivity index (χ1v) is 12.3. The maximum atomic E-state index is 12.8. The van der Waals surface area contributed by atoms with Crippen LogP contribution in [0.15, 0.2) is 42.5 Å². The van der Waals surface area contributed by atoms with Gasteiger partial charge in [-0.2, -0.15) is 0 Å². The number of carbonyl (C=O) groups excluding carboxylic acids is 5. The van der Waals surface area contributed by atoms with Crippen LogP contribution >= 0.6 is 0 Å². The number of benzene rings is 2. The molecule has 2 aliphatic rings. The van der Waals surface area contributed by atoms with Crippen molar-refractivity contribution in [2.24, 2.45) is 5.92 Å². The minimum absolute atomic E-state index is 0.0246. The lowest BCUT2D eigenvalue weighted by atomic mass is 9.96. The van der Waals surface area contributed by atoms with E-state index in [1.807, 2.05) is 0 Å². The number of nitrogens with zero attached hydrogens (tertiary/aromatic N) is 3. The Hall–Kier alpha value is -4.81. The van der Waals surface area contributed by atoms with Gasteiger partial charge in [0, 0.05) is 37.3 Å². The zero-order valence-corrected chi connectivity index (χ0v) is 21.1. The molecule has 0 radical (unpaired) electrons. The molecule has 0 bridgehead atoms. The third-order valence-electron chi connectivity index (χ3n) is 6.52. The first kappa shape index (κ1) is 27.2. The summed E-state index contributed by atoms with van der Waals surface area (Å²) < 4.78 is 9.71. The molecule has 2 aliphatic heterocycles. The van der Waals surface area contributed by atoms with Crippen LogP contribution in [0.5, 0.6) is 5.75 Å². The molecule has 2 aromatic carbocycles. The molecule has 2 aromatic rings. The molecule has 2 heterocycles. The Kier molecular flexibility index (Phi) is 8.18. The van der Waals surface area contributed by atoms with Crippen molar-refractivity contribution in [2.45, 2.75) is 19.8 Å². The summed E-state index contributed by atoms with van der Waals surface area (Å²) in [6, 6.07) is 9.56. The summed E-state index contributed by atoms with van der Waals surface area (Å²) in [5.41, 5.74) is 0.0621. The number of nitro benzene ring substituents is 1. The summed E-state index contributed by atoms with van der Waals surface area (Å²) in [6.07, 6.45) is 0.472. The van der Waals surface area contributed by atoms with Crippen LogP contribution in [-0.2, 0) is 9.53 Å². The zero-order valence-electron chi connectivity index (χ0n) is 21.1. The molecule has 4 amide bonds. The molecule has 1 fully saturated rings. The number of likely N-dealkylation sites (tertiary alicyclic amines) is 1. The molecule has 0 aromatic heterocycles. The molecule has 1 saturated heterocycles. The molecule has 204 valence electrons. The predicted molar refractivity (Wildman–Crippen MR) is 134 cm³/mol. The molecule has 0 unspecified atom stereocenters. The molecule has 0 saturated carbocycles. The Morgan fingerprint density at radius 3 is 2.33 bits per heavy atom. The van der Waals surface area contributed by atoms with Crippen LogP contribution in [0.4, 0.5) is 10.5 Å². The summed E-state index contributed by atoms with van der Waals surface area (Å²) in [5, 5.41) is 13.7. The minimum atomic E-state index is -0.819. The largest absolute Gasteiger partial charge is 0.513 e. The van der Waals surface area contributed by atoms with Crippen molar-refractivity contribution in [3.63, 3.8) is 0 Å². The van der Waals surface area contributed by atoms with Crippen molar-refractivity contribution in [3.8, 4) is 5.75 Å². The number of rotatable bonds is 8. The van der Waals surface area contributed by atoms with E-state index in [-0.39, 0.29) is 41.0 Å². The van der Waals surface area contributed by atoms with E-state index in [1.165, 1.54) is 18.2 Å². The summed E-state index contributed by atoms with van der Waals surface area (Å²) in [6.45, 7) is 2.64. The van der Waals surface area contributed by atoms with Crippen LogP contribution in [0.25, 0.3) is 0 Å². The van der Waals surface area contributed by atoms with Crippen LogP contribution in [0, 0.1) is 16.0 Å². The molecule has 0 atom stereocenters. The monoisotopic (exact) mass is 538 g/mol. The minimum Gasteiger partial charge on any atom is -0.434 e. The van der Waals surface area contributed by atoms with Crippen molar-refractivity contribution in [1.29, 1.82) is 0 Å². The number of hydrogen-bond donors (Lipinski definition) is 1. The van der Waals surface area contributed by atoms with E-state index in [9.17, 15) is 34.1 Å². The number of imide groups is 1. The highest BCUT2D eigenvalue weighted by atomic mass is 16.7. The van der Waals surface area contributed by atoms with Gasteiger partial charge >= 0.3 is 6.16 Å². The van der Waals surface area contributed by atoms with Crippen molar-refractivity contribution >= 4 is 35.5 Å². The number of amides is 4. The number of ether oxygens (including phenoxy) is 2. The van der Waals surface area contributed by atoms with Gasteiger partial charge in [0.1, 0.15) is 12.3 Å². The maximum absolute atomic E-state index is 12.8. The molecule has 13 heteroatoms. The number of carbonyl (C=O) groups is 5. The van der Waals surface area contributed by atoms with Gasteiger partial charge in [-0.25, -0.2) is 4.79 Å². The van der Waals surface area contributed by atoms with E-state index in [0.717, 1.165) is 17.0 Å². The van der Waals surface area contributed by atoms with Gasteiger partial charge in [-0.05, 0) is 56.0 Å². The van der Waals surface area contributed by atoms with Gasteiger partial charge in [-0.15, -0.1) is 0 Å². The lowest BCUT2D eigenvalue weighted by Crippen LogP contribution is -2.44. The topological polar surface area (TPSA) is 165 Å². The van der Waals surface area contributed by atoms with Gasteiger partial charge in [-0.1, -0.05) is 0 Å². The molecule has 13 nitrogen and oxygen atoms in total. The number of non-ortho nitro benzene ring substituents is 1. The third kappa shape index (κ3) is 6.20. The summed E-state index contributed by atoms with van der Waals surface area (Å²) >= 11 is 0. The van der Waals surface area contributed by atoms with Crippen molar-refractivity contribution < 1.29 is 38.4 Å². The second kappa shape index (κ2) is 11.7. The maximum Gasteiger partial charge on any atom is 0.513 e. The van der Waals surface area contributed by atoms with E-state index in [1.54, 1.807) is 24.0 Å². The first-order chi connectivity index (χ1) is 18.7. The van der Waals surface area contributed by atoms with Gasteiger partial charge in [0.25, 0.3) is 23.4 Å². The van der Waals surface area contributed by atoms with Gasteiger partial charge in [0.2, 0.25) is 5.91 Å². The van der Waals surface area contributed by atoms with Gasteiger partial charge in [-0.3, -0.25) is 34.2 Å². The van der Waals surface area contributed by atoms with Gasteiger partial charge in [0.15, 0.2) is 0 Å². The average molecular weight is 539 g/mol. The first-order valence-electron chi connectivity index (χ1n) is 12.3. The lowest BCUT2D eigenvalue weighted by molar-refractivity contribution is -0.384. The van der Waals surface area contributed by atoms with Crippen LogP contribution in [-0.4, -0.2) is 77.3 Å². The van der Waals surface area contributed by atoms with Crippen LogP contribution in [0.1, 0.15) is 50.8 Å². The molecule has 0 aliphatic carbocycles. The van der Waals surface area contributed by atoms with E-state index in [2.05, 4.69) is 5.32 Å². The molecular weight excluding hydrogens is 512 g/mol. The number of fused-ring (bicyclic) bond motifs is 1. The van der Waals surface area contributed by atoms with Gasteiger partial charge < -0.3 is 19.7 Å². The van der Waals surface area contributed by atoms with Crippen molar-refractivity contribution in [1.82, 2.24) is 15.1 Å². The highest BCUT2D eigenvalue weighted by Crippen LogP contribution is 2.26. The zero-order chi connectivity index (χ0) is 28.1. The number of hydrogen-bond acceptors (Lipinski definition) is 9. The molecular formula is C26H26N4O9. The summed E-state index contributed by atoms with van der Waals surface area (Å²) in [5.74, 6) is -1.74. The molecule has 1 N–H and O–H groups in total. The summed E-state index contributed by atoms with van der Waals surface area (Å²) in [7, 11) is 0. The second-order valence-corrected chi connectivity index (χ2v) is 9.03. The van der Waals surface area contributed by atoms with E-state index >= 15 is 0 Å². The average Bonchev–Trinajstić information content (AvgIpc) is 3.16. The van der Waals surface area contributed by atoms with Crippen molar-refractivity contribution in [2.75, 3.05) is 32.8 Å². The SMILES string of the molecule is CCOC(=O)Oc1ccc(C(=O)N2CCC(CNC(=O)CN3C(=O)c4ccc([N+](=O)[O-])cc4C3=O)CC2)cc1. The Morgan fingerprint density at radius 1 is 1.03 bits per heavy atom. The Bertz CT molecular complexity index is 1320. The number of nitro groups is 1. The quantitative estimate of drug-likeness (QED) is 0.175. The molecule has 0 spiro atoms. The predicted octanol–water partition coefficient (Wildman–Crippen LogP) is 2.39. The second-order valence-electron chi connectivity index (χ2n) is 9.03. The molecule has 4 rings (SSSR count). The number of piperidine rings is 1. The Labute approximate surface area is 222 Å². The standard InChI is InChI=1S/C26H26N4O9/c1-2-38-26(35)39-19-6-3-17(4-7-19)23(32)28-11-9-16(10-12-28)14-27-22(31)15-29-24(33)20-8-5-18(30(36)37)13-21(20)25(29)34/h3-8,13,16H,2,9-12,14-15H2,1H3,(H,27,31). The third-order valence-corrected chi connectivity index (χ3v) is 6.52. The van der Waals surface area contributed by atoms with Crippen molar-refractivity contribution in [3.05, 3.63) is 69.3 Å². The normalized spacial score (nSPS) is 15.1. The lowest BCUT2D eigenvalue weighted by Gasteiger charge is -2.32. The van der Waals surface area contributed by atoms with E-state index < -0.39 is 35.3 Å². The van der Waals surface area contributed by atoms with E-state index in [4.69, 9.17) is 9.47 Å². The van der Waals surface area contributed by atoms with Crippen LogP contribution in [0.3, 0.4) is 0 Å². The van der Waals surface area contributed by atoms with Crippen LogP contribution in [0.2, 0.25) is 0 Å². The van der Waals surface area contributed by atoms with Crippen LogP contribution < -0.4 is 10.1 Å². The molecule has 39 heavy (non-hydrogen) atoms. The smallest absolute Gasteiger partial charge is 0.434 e. The summed E-state index contributed by atoms with van der Waals surface area (Å²) in [4.78, 5) is 74.6.